The van der Waals surface area contributed by atoms with Crippen LogP contribution in [0.1, 0.15) is 29.0 Å². The summed E-state index contributed by atoms with van der Waals surface area (Å²) in [7, 11) is 0. The van der Waals surface area contributed by atoms with Crippen LogP contribution in [0.15, 0.2) is 57.7 Å². The van der Waals surface area contributed by atoms with Crippen molar-refractivity contribution in [1.82, 2.24) is 9.97 Å². The molecule has 0 unspecified atom stereocenters. The smallest absolute Gasteiger partial charge is 0.266 e. The first kappa shape index (κ1) is 22.2. The fourth-order valence-corrected chi connectivity index (χ4v) is 4.97. The molecule has 1 aromatic carbocycles. The lowest BCUT2D eigenvalue weighted by molar-refractivity contribution is -0.120. The third-order valence-corrected chi connectivity index (χ3v) is 6.99. The number of halogens is 1. The third-order valence-electron chi connectivity index (χ3n) is 5.71. The topological polar surface area (TPSA) is 108 Å². The Morgan fingerprint density at radius 2 is 2.09 bits per heavy atom. The van der Waals surface area contributed by atoms with Gasteiger partial charge in [0.05, 0.1) is 6.26 Å². The summed E-state index contributed by atoms with van der Waals surface area (Å²) < 4.78 is 11.1. The van der Waals surface area contributed by atoms with Crippen LogP contribution in [0.3, 0.4) is 0 Å². The third kappa shape index (κ3) is 4.69. The zero-order valence-electron chi connectivity index (χ0n) is 18.0. The van der Waals surface area contributed by atoms with E-state index in [-0.39, 0.29) is 23.4 Å². The number of carbonyl (C=O) groups excluding carboxylic acids is 1. The molecule has 10 heteroatoms. The molecular formula is C24H20ClN5O3S. The Bertz CT molecular complexity index is 1330. The number of hydrogen-bond donors (Lipinski definition) is 1. The van der Waals surface area contributed by atoms with Gasteiger partial charge in [-0.05, 0) is 36.6 Å². The largest absolute Gasteiger partial charge is 0.459 e. The van der Waals surface area contributed by atoms with E-state index in [1.807, 2.05) is 29.2 Å². The molecule has 4 heterocycles. The van der Waals surface area contributed by atoms with Crippen molar-refractivity contribution >= 4 is 39.9 Å². The SMILES string of the molecule is N#Cc1nc(-c2ccco2)oc1N1CCC(C(=O)Nc2ncc(Cc3ccccc3Cl)s2)CC1. The maximum atomic E-state index is 12.8. The molecule has 0 bridgehead atoms. The number of amides is 1. The number of aromatic nitrogens is 2. The van der Waals surface area contributed by atoms with E-state index in [1.165, 1.54) is 17.6 Å². The molecule has 5 rings (SSSR count). The second kappa shape index (κ2) is 9.71. The normalized spacial score (nSPS) is 14.2. The van der Waals surface area contributed by atoms with Crippen LogP contribution in [0.25, 0.3) is 11.7 Å². The van der Waals surface area contributed by atoms with Gasteiger partial charge in [0.15, 0.2) is 10.9 Å². The molecule has 1 fully saturated rings. The van der Waals surface area contributed by atoms with Gasteiger partial charge in [0, 0.05) is 41.5 Å². The van der Waals surface area contributed by atoms with E-state index in [1.54, 1.807) is 18.3 Å². The molecule has 1 saturated heterocycles. The lowest BCUT2D eigenvalue weighted by Crippen LogP contribution is -2.38. The molecule has 4 aromatic rings. The molecule has 0 radical (unpaired) electrons. The van der Waals surface area contributed by atoms with Gasteiger partial charge in [-0.1, -0.05) is 29.8 Å². The second-order valence-electron chi connectivity index (χ2n) is 7.91. The quantitative estimate of drug-likeness (QED) is 0.385. The average Bonchev–Trinajstić information content (AvgIpc) is 3.61. The van der Waals surface area contributed by atoms with Gasteiger partial charge in [0.25, 0.3) is 5.89 Å². The van der Waals surface area contributed by atoms with Crippen molar-refractivity contribution in [3.8, 4) is 17.7 Å². The van der Waals surface area contributed by atoms with Gasteiger partial charge in [-0.2, -0.15) is 10.2 Å². The van der Waals surface area contributed by atoms with Gasteiger partial charge in [-0.15, -0.1) is 11.3 Å². The summed E-state index contributed by atoms with van der Waals surface area (Å²) in [4.78, 5) is 24.4. The summed E-state index contributed by atoms with van der Waals surface area (Å²) in [6.07, 6.45) is 5.23. The fourth-order valence-electron chi connectivity index (χ4n) is 3.93. The van der Waals surface area contributed by atoms with Gasteiger partial charge < -0.3 is 19.1 Å². The van der Waals surface area contributed by atoms with Gasteiger partial charge >= 0.3 is 0 Å². The molecule has 172 valence electrons. The van der Waals surface area contributed by atoms with Crippen molar-refractivity contribution in [3.05, 3.63) is 70.0 Å². The second-order valence-corrected chi connectivity index (χ2v) is 9.43. The Kier molecular flexibility index (Phi) is 6.34. The van der Waals surface area contributed by atoms with Crippen molar-refractivity contribution in [2.24, 2.45) is 5.92 Å². The zero-order valence-corrected chi connectivity index (χ0v) is 19.6. The fraction of sp³-hybridized carbons (Fsp3) is 0.250. The summed E-state index contributed by atoms with van der Waals surface area (Å²) in [6, 6.07) is 13.2. The number of hydrogen-bond acceptors (Lipinski definition) is 8. The molecule has 0 saturated carbocycles. The van der Waals surface area contributed by atoms with E-state index in [0.29, 0.717) is 49.1 Å². The van der Waals surface area contributed by atoms with Crippen LogP contribution in [0.2, 0.25) is 5.02 Å². The highest BCUT2D eigenvalue weighted by Gasteiger charge is 2.29. The number of rotatable bonds is 6. The van der Waals surface area contributed by atoms with Crippen LogP contribution in [0, 0.1) is 17.2 Å². The molecule has 1 aliphatic rings. The number of benzene rings is 1. The first-order valence-corrected chi connectivity index (χ1v) is 12.0. The molecule has 1 N–H and O–H groups in total. The lowest BCUT2D eigenvalue weighted by Gasteiger charge is -2.30. The summed E-state index contributed by atoms with van der Waals surface area (Å²) >= 11 is 7.70. The summed E-state index contributed by atoms with van der Waals surface area (Å²) in [5, 5.41) is 13.7. The number of carbonyl (C=O) groups is 1. The highest BCUT2D eigenvalue weighted by Crippen LogP contribution is 2.32. The molecular weight excluding hydrogens is 474 g/mol. The van der Waals surface area contributed by atoms with Crippen LogP contribution in [-0.2, 0) is 11.2 Å². The minimum absolute atomic E-state index is 0.0485. The van der Waals surface area contributed by atoms with Gasteiger partial charge in [0.2, 0.25) is 17.5 Å². The zero-order chi connectivity index (χ0) is 23.5. The van der Waals surface area contributed by atoms with Crippen molar-refractivity contribution < 1.29 is 13.6 Å². The van der Waals surface area contributed by atoms with Crippen molar-refractivity contribution in [2.75, 3.05) is 23.3 Å². The van der Waals surface area contributed by atoms with E-state index in [0.717, 1.165) is 15.5 Å². The van der Waals surface area contributed by atoms with E-state index < -0.39 is 0 Å². The van der Waals surface area contributed by atoms with Gasteiger partial charge in [-0.3, -0.25) is 4.79 Å². The van der Waals surface area contributed by atoms with Crippen molar-refractivity contribution in [1.29, 1.82) is 5.26 Å². The van der Waals surface area contributed by atoms with Gasteiger partial charge in [-0.25, -0.2) is 4.98 Å². The standard InChI is InChI=1S/C24H20ClN5O3S/c25-18-5-2-1-4-16(18)12-17-14-27-24(34-17)29-21(31)15-7-9-30(10-8-15)23-19(13-26)28-22(33-23)20-6-3-11-32-20/h1-6,11,14-15H,7-10,12H2,(H,27,29,31). The molecule has 34 heavy (non-hydrogen) atoms. The number of nitrogens with zero attached hydrogens (tertiary/aromatic N) is 4. The molecule has 8 nitrogen and oxygen atoms in total. The Balaban J connectivity index is 1.18. The lowest BCUT2D eigenvalue weighted by atomic mass is 9.96. The van der Waals surface area contributed by atoms with E-state index in [2.05, 4.69) is 21.4 Å². The maximum absolute atomic E-state index is 12.8. The molecule has 0 aliphatic carbocycles. The van der Waals surface area contributed by atoms with Crippen molar-refractivity contribution in [3.63, 3.8) is 0 Å². The summed E-state index contributed by atoms with van der Waals surface area (Å²) in [6.45, 7) is 1.16. The highest BCUT2D eigenvalue weighted by molar-refractivity contribution is 7.15. The maximum Gasteiger partial charge on any atom is 0.266 e. The van der Waals surface area contributed by atoms with E-state index >= 15 is 0 Å². The highest BCUT2D eigenvalue weighted by atomic mass is 35.5. The molecule has 1 aliphatic heterocycles. The van der Waals surface area contributed by atoms with Crippen molar-refractivity contribution in [2.45, 2.75) is 19.3 Å². The number of furan rings is 1. The molecule has 3 aromatic heterocycles. The number of anilines is 2. The minimum atomic E-state index is -0.148. The Hall–Kier alpha value is -3.61. The Morgan fingerprint density at radius 1 is 1.26 bits per heavy atom. The van der Waals surface area contributed by atoms with E-state index in [4.69, 9.17) is 20.4 Å². The molecule has 0 atom stereocenters. The number of nitriles is 1. The predicted molar refractivity (Wildman–Crippen MR) is 129 cm³/mol. The summed E-state index contributed by atoms with van der Waals surface area (Å²) in [5.41, 5.74) is 1.24. The van der Waals surface area contributed by atoms with Gasteiger partial charge in [0.1, 0.15) is 6.07 Å². The van der Waals surface area contributed by atoms with Crippen LogP contribution >= 0.6 is 22.9 Å². The Labute approximate surface area is 204 Å². The first-order chi connectivity index (χ1) is 16.6. The first-order valence-electron chi connectivity index (χ1n) is 10.8. The number of nitrogens with one attached hydrogen (secondary N) is 1. The number of thiazole rings is 1. The predicted octanol–water partition coefficient (Wildman–Crippen LogP) is 5.36. The monoisotopic (exact) mass is 493 g/mol. The molecule has 0 spiro atoms. The number of oxazole rings is 1. The van der Waals surface area contributed by atoms with Crippen LogP contribution in [-0.4, -0.2) is 29.0 Å². The van der Waals surface area contributed by atoms with Crippen LogP contribution in [0.5, 0.6) is 0 Å². The minimum Gasteiger partial charge on any atom is -0.459 e. The average molecular weight is 494 g/mol. The van der Waals surface area contributed by atoms with E-state index in [9.17, 15) is 10.1 Å². The number of piperidine rings is 1. The summed E-state index contributed by atoms with van der Waals surface area (Å²) in [5.74, 6) is 0.955. The van der Waals surface area contributed by atoms with Crippen LogP contribution < -0.4 is 10.2 Å². The van der Waals surface area contributed by atoms with Crippen LogP contribution in [0.4, 0.5) is 11.0 Å². The Morgan fingerprint density at radius 3 is 2.82 bits per heavy atom. The molecule has 1 amide bonds.